The number of carbonyl (C=O) groups is 1. The Bertz CT molecular complexity index is 1010. The molecule has 0 saturated heterocycles. The van der Waals surface area contributed by atoms with E-state index in [9.17, 15) is 4.79 Å². The number of rotatable bonds is 4. The molecule has 0 spiro atoms. The zero-order valence-electron chi connectivity index (χ0n) is 13.2. The summed E-state index contributed by atoms with van der Waals surface area (Å²) in [5.41, 5.74) is 2.74. The van der Waals surface area contributed by atoms with E-state index < -0.39 is 0 Å². The lowest BCUT2D eigenvalue weighted by Crippen LogP contribution is -2.15. The molecule has 0 radical (unpaired) electrons. The number of hydrogen-bond donors (Lipinski definition) is 1. The normalized spacial score (nSPS) is 10.7. The zero-order chi connectivity index (χ0) is 17.1. The van der Waals surface area contributed by atoms with E-state index in [2.05, 4.69) is 20.4 Å². The molecule has 0 bridgehead atoms. The molecule has 25 heavy (non-hydrogen) atoms. The van der Waals surface area contributed by atoms with Crippen LogP contribution in [0.3, 0.4) is 0 Å². The molecule has 1 amide bonds. The summed E-state index contributed by atoms with van der Waals surface area (Å²) in [6.07, 6.45) is 3.31. The second-order valence-corrected chi connectivity index (χ2v) is 5.51. The summed E-state index contributed by atoms with van der Waals surface area (Å²) in [5.74, 6) is 0.413. The maximum absolute atomic E-state index is 12.2. The van der Waals surface area contributed by atoms with Crippen molar-refractivity contribution >= 4 is 22.6 Å². The first kappa shape index (κ1) is 15.0. The number of para-hydroxylation sites is 1. The number of nitrogens with zero attached hydrogens (tertiary/aromatic N) is 3. The van der Waals surface area contributed by atoms with Gasteiger partial charge < -0.3 is 9.84 Å². The molecule has 0 unspecified atom stereocenters. The fourth-order valence-corrected chi connectivity index (χ4v) is 2.55. The average Bonchev–Trinajstić information content (AvgIpc) is 3.06. The molecule has 0 fully saturated rings. The Balaban J connectivity index is 1.46. The van der Waals surface area contributed by atoms with Gasteiger partial charge in [0.05, 0.1) is 24.5 Å². The molecule has 0 saturated carbocycles. The first-order chi connectivity index (χ1) is 12.3. The van der Waals surface area contributed by atoms with Crippen LogP contribution in [-0.4, -0.2) is 21.0 Å². The topological polar surface area (TPSA) is 80.9 Å². The second kappa shape index (κ2) is 6.52. The third-order valence-electron chi connectivity index (χ3n) is 3.75. The molecular weight excluding hydrogens is 316 g/mol. The molecule has 0 atom stereocenters. The highest BCUT2D eigenvalue weighted by atomic mass is 16.5. The molecule has 4 rings (SSSR count). The molecule has 2 aromatic carbocycles. The van der Waals surface area contributed by atoms with Gasteiger partial charge in [0.25, 0.3) is 0 Å². The first-order valence-electron chi connectivity index (χ1n) is 7.80. The lowest BCUT2D eigenvalue weighted by Gasteiger charge is -2.04. The van der Waals surface area contributed by atoms with Gasteiger partial charge in [-0.15, -0.1) is 0 Å². The third-order valence-corrected chi connectivity index (χ3v) is 3.75. The van der Waals surface area contributed by atoms with Crippen LogP contribution in [0.25, 0.3) is 22.4 Å². The monoisotopic (exact) mass is 330 g/mol. The summed E-state index contributed by atoms with van der Waals surface area (Å²) in [7, 11) is 0. The molecule has 0 aliphatic heterocycles. The summed E-state index contributed by atoms with van der Waals surface area (Å²) in [6.45, 7) is 0. The zero-order valence-corrected chi connectivity index (χ0v) is 13.2. The van der Waals surface area contributed by atoms with Crippen LogP contribution in [0.4, 0.5) is 5.69 Å². The number of nitrogens with one attached hydrogen (secondary N) is 1. The van der Waals surface area contributed by atoms with Crippen molar-refractivity contribution in [3.63, 3.8) is 0 Å². The highest BCUT2D eigenvalue weighted by Gasteiger charge is 2.12. The standard InChI is InChI=1S/C19H14N4O2/c24-18(10-16-15-8-4-5-9-17(15)25-23-16)22-14-11-20-19(21-12-14)13-6-2-1-3-7-13/h1-9,11-12H,10H2,(H,22,24). The Labute approximate surface area is 143 Å². The van der Waals surface area contributed by atoms with E-state index in [0.717, 1.165) is 10.9 Å². The van der Waals surface area contributed by atoms with Crippen molar-refractivity contribution in [1.82, 2.24) is 15.1 Å². The van der Waals surface area contributed by atoms with Crippen molar-refractivity contribution in [3.05, 3.63) is 72.7 Å². The van der Waals surface area contributed by atoms with Gasteiger partial charge in [-0.1, -0.05) is 47.6 Å². The Morgan fingerprint density at radius 1 is 0.960 bits per heavy atom. The van der Waals surface area contributed by atoms with E-state index in [1.807, 2.05) is 54.6 Å². The highest BCUT2D eigenvalue weighted by Crippen LogP contribution is 2.19. The number of anilines is 1. The fraction of sp³-hybridized carbons (Fsp3) is 0.0526. The van der Waals surface area contributed by atoms with Crippen molar-refractivity contribution in [2.45, 2.75) is 6.42 Å². The molecule has 4 aromatic rings. The lowest BCUT2D eigenvalue weighted by atomic mass is 10.1. The van der Waals surface area contributed by atoms with E-state index in [0.29, 0.717) is 22.8 Å². The number of hydrogen-bond acceptors (Lipinski definition) is 5. The van der Waals surface area contributed by atoms with Gasteiger partial charge in [0.15, 0.2) is 11.4 Å². The van der Waals surface area contributed by atoms with Gasteiger partial charge in [-0.05, 0) is 12.1 Å². The summed E-state index contributed by atoms with van der Waals surface area (Å²) < 4.78 is 5.21. The van der Waals surface area contributed by atoms with Gasteiger partial charge in [0, 0.05) is 10.9 Å². The van der Waals surface area contributed by atoms with Crippen LogP contribution in [0.2, 0.25) is 0 Å². The van der Waals surface area contributed by atoms with Crippen LogP contribution in [0.15, 0.2) is 71.5 Å². The minimum Gasteiger partial charge on any atom is -0.356 e. The van der Waals surface area contributed by atoms with Crippen LogP contribution >= 0.6 is 0 Å². The second-order valence-electron chi connectivity index (χ2n) is 5.51. The fourth-order valence-electron chi connectivity index (χ4n) is 2.55. The Morgan fingerprint density at radius 3 is 2.48 bits per heavy atom. The predicted molar refractivity (Wildman–Crippen MR) is 93.8 cm³/mol. The maximum atomic E-state index is 12.2. The molecule has 6 heteroatoms. The van der Waals surface area contributed by atoms with Crippen molar-refractivity contribution in [2.75, 3.05) is 5.32 Å². The van der Waals surface area contributed by atoms with E-state index in [1.165, 1.54) is 0 Å². The molecule has 122 valence electrons. The summed E-state index contributed by atoms with van der Waals surface area (Å²) in [6, 6.07) is 17.1. The molecule has 6 nitrogen and oxygen atoms in total. The third kappa shape index (κ3) is 3.23. The van der Waals surface area contributed by atoms with E-state index in [1.54, 1.807) is 12.4 Å². The van der Waals surface area contributed by atoms with E-state index >= 15 is 0 Å². The van der Waals surface area contributed by atoms with Crippen LogP contribution < -0.4 is 5.32 Å². The van der Waals surface area contributed by atoms with Crippen molar-refractivity contribution < 1.29 is 9.32 Å². The van der Waals surface area contributed by atoms with Crippen molar-refractivity contribution in [3.8, 4) is 11.4 Å². The largest absolute Gasteiger partial charge is 0.356 e. The highest BCUT2D eigenvalue weighted by molar-refractivity contribution is 5.94. The van der Waals surface area contributed by atoms with Crippen LogP contribution in [0.5, 0.6) is 0 Å². The van der Waals surface area contributed by atoms with E-state index in [4.69, 9.17) is 4.52 Å². The summed E-state index contributed by atoms with van der Waals surface area (Å²) >= 11 is 0. The number of amides is 1. The maximum Gasteiger partial charge on any atom is 0.230 e. The SMILES string of the molecule is O=C(Cc1noc2ccccc12)Nc1cnc(-c2ccccc2)nc1. The molecule has 2 aromatic heterocycles. The van der Waals surface area contributed by atoms with Crippen LogP contribution in [0, 0.1) is 0 Å². The van der Waals surface area contributed by atoms with Gasteiger partial charge in [-0.25, -0.2) is 9.97 Å². The predicted octanol–water partition coefficient (Wildman–Crippen LogP) is 3.47. The van der Waals surface area contributed by atoms with Gasteiger partial charge in [0.2, 0.25) is 5.91 Å². The minimum absolute atomic E-state index is 0.122. The molecule has 0 aliphatic carbocycles. The summed E-state index contributed by atoms with van der Waals surface area (Å²) in [5, 5.41) is 7.58. The minimum atomic E-state index is -0.199. The Morgan fingerprint density at radius 2 is 1.68 bits per heavy atom. The molecule has 0 aliphatic rings. The number of carbonyl (C=O) groups excluding carboxylic acids is 1. The van der Waals surface area contributed by atoms with E-state index in [-0.39, 0.29) is 12.3 Å². The smallest absolute Gasteiger partial charge is 0.230 e. The summed E-state index contributed by atoms with van der Waals surface area (Å²) in [4.78, 5) is 20.8. The first-order valence-corrected chi connectivity index (χ1v) is 7.80. The van der Waals surface area contributed by atoms with Gasteiger partial charge in [-0.2, -0.15) is 0 Å². The molecule has 1 N–H and O–H groups in total. The number of aromatic nitrogens is 3. The van der Waals surface area contributed by atoms with Crippen molar-refractivity contribution in [1.29, 1.82) is 0 Å². The number of fused-ring (bicyclic) bond motifs is 1. The Hall–Kier alpha value is -3.54. The van der Waals surface area contributed by atoms with Crippen LogP contribution in [-0.2, 0) is 11.2 Å². The molecule has 2 heterocycles. The lowest BCUT2D eigenvalue weighted by molar-refractivity contribution is -0.115. The molecular formula is C19H14N4O2. The van der Waals surface area contributed by atoms with Crippen LogP contribution in [0.1, 0.15) is 5.69 Å². The van der Waals surface area contributed by atoms with Gasteiger partial charge in [-0.3, -0.25) is 4.79 Å². The number of benzene rings is 2. The quantitative estimate of drug-likeness (QED) is 0.620. The van der Waals surface area contributed by atoms with Gasteiger partial charge >= 0.3 is 0 Å². The average molecular weight is 330 g/mol. The van der Waals surface area contributed by atoms with Gasteiger partial charge in [0.1, 0.15) is 5.69 Å². The Kier molecular flexibility index (Phi) is 3.92. The van der Waals surface area contributed by atoms with Crippen molar-refractivity contribution in [2.24, 2.45) is 0 Å².